The molecule has 1 aromatic carbocycles. The van der Waals surface area contributed by atoms with Gasteiger partial charge in [-0.2, -0.15) is 0 Å². The molecule has 3 rings (SSSR count). The van der Waals surface area contributed by atoms with E-state index in [2.05, 4.69) is 0 Å². The second kappa shape index (κ2) is 7.98. The zero-order valence-corrected chi connectivity index (χ0v) is 16.9. The van der Waals surface area contributed by atoms with Gasteiger partial charge in [-0.25, -0.2) is 4.79 Å². The van der Waals surface area contributed by atoms with Gasteiger partial charge in [-0.05, 0) is 18.9 Å². The maximum absolute atomic E-state index is 13.1. The van der Waals surface area contributed by atoms with Crippen LogP contribution in [0.5, 0.6) is 0 Å². The van der Waals surface area contributed by atoms with Gasteiger partial charge in [0.05, 0.1) is 12.3 Å². The number of aromatic nitrogens is 1. The van der Waals surface area contributed by atoms with Crippen LogP contribution in [0.2, 0.25) is 0 Å². The molecule has 0 amide bonds. The molecule has 0 aliphatic heterocycles. The molecule has 2 aromatic heterocycles. The van der Waals surface area contributed by atoms with Crippen molar-refractivity contribution in [2.24, 2.45) is 0 Å². The zero-order chi connectivity index (χ0) is 20.4. The number of hydrogen-bond donors (Lipinski definition) is 1. The number of nitrogens with zero attached hydrogens (tertiary/aromatic N) is 1. The molecule has 0 aliphatic carbocycles. The summed E-state index contributed by atoms with van der Waals surface area (Å²) in [4.78, 5) is 38.9. The van der Waals surface area contributed by atoms with E-state index in [1.807, 2.05) is 13.0 Å². The Morgan fingerprint density at radius 2 is 1.82 bits per heavy atom. The van der Waals surface area contributed by atoms with Gasteiger partial charge >= 0.3 is 5.97 Å². The molecule has 146 valence electrons. The number of benzene rings is 1. The number of nitrogen functional groups attached to an aromatic ring is 1. The fourth-order valence-corrected chi connectivity index (χ4v) is 4.64. The van der Waals surface area contributed by atoms with Crippen LogP contribution in [0.25, 0.3) is 10.2 Å². The van der Waals surface area contributed by atoms with Gasteiger partial charge in [-0.1, -0.05) is 43.7 Å². The third kappa shape index (κ3) is 3.22. The summed E-state index contributed by atoms with van der Waals surface area (Å²) in [6, 6.07) is 8.70. The normalized spacial score (nSPS) is 11.0. The van der Waals surface area contributed by atoms with Gasteiger partial charge in [-0.15, -0.1) is 11.3 Å². The maximum Gasteiger partial charge on any atom is 0.348 e. The predicted molar refractivity (Wildman–Crippen MR) is 110 cm³/mol. The molecule has 2 heterocycles. The fourth-order valence-electron chi connectivity index (χ4n) is 3.33. The molecular formula is C21H22N2O4S. The van der Waals surface area contributed by atoms with E-state index in [1.165, 1.54) is 11.5 Å². The van der Waals surface area contributed by atoms with Crippen LogP contribution in [0.1, 0.15) is 63.3 Å². The highest BCUT2D eigenvalue weighted by atomic mass is 32.1. The molecule has 0 fully saturated rings. The lowest BCUT2D eigenvalue weighted by Gasteiger charge is -2.08. The van der Waals surface area contributed by atoms with E-state index in [-0.39, 0.29) is 29.7 Å². The minimum absolute atomic E-state index is 0.146. The number of carbonyl (C=O) groups is 3. The van der Waals surface area contributed by atoms with Crippen LogP contribution in [0.3, 0.4) is 0 Å². The Kier molecular flexibility index (Phi) is 5.65. The molecule has 28 heavy (non-hydrogen) atoms. The van der Waals surface area contributed by atoms with Crippen molar-refractivity contribution in [3.8, 4) is 0 Å². The van der Waals surface area contributed by atoms with Crippen LogP contribution < -0.4 is 5.73 Å². The number of thiophene rings is 1. The van der Waals surface area contributed by atoms with Crippen LogP contribution in [-0.2, 0) is 11.2 Å². The van der Waals surface area contributed by atoms with Crippen molar-refractivity contribution >= 4 is 44.9 Å². The first kappa shape index (κ1) is 19.8. The van der Waals surface area contributed by atoms with Gasteiger partial charge in [0.1, 0.15) is 15.4 Å². The summed E-state index contributed by atoms with van der Waals surface area (Å²) in [5.41, 5.74) is 7.96. The predicted octanol–water partition coefficient (Wildman–Crippen LogP) is 4.31. The molecule has 0 atom stereocenters. The third-order valence-corrected chi connectivity index (χ3v) is 5.66. The number of ketones is 1. The lowest BCUT2D eigenvalue weighted by atomic mass is 10.0. The molecule has 0 unspecified atom stereocenters. The number of fused-ring (bicyclic) bond motifs is 1. The van der Waals surface area contributed by atoms with Crippen molar-refractivity contribution in [1.82, 2.24) is 4.57 Å². The van der Waals surface area contributed by atoms with Crippen molar-refractivity contribution in [3.05, 3.63) is 52.0 Å². The summed E-state index contributed by atoms with van der Waals surface area (Å²) in [5, 5.41) is 0.601. The third-order valence-electron chi connectivity index (χ3n) is 4.47. The van der Waals surface area contributed by atoms with Gasteiger partial charge in [0.25, 0.3) is 0 Å². The highest BCUT2D eigenvalue weighted by molar-refractivity contribution is 7.21. The van der Waals surface area contributed by atoms with Gasteiger partial charge in [0, 0.05) is 17.9 Å². The fraction of sp³-hybridized carbons (Fsp3) is 0.286. The number of aryl methyl sites for hydroxylation is 1. The van der Waals surface area contributed by atoms with E-state index in [0.29, 0.717) is 27.1 Å². The van der Waals surface area contributed by atoms with Gasteiger partial charge < -0.3 is 10.5 Å². The molecule has 0 aliphatic rings. The first-order valence-corrected chi connectivity index (χ1v) is 9.97. The number of nitrogens with two attached hydrogens (primary N) is 1. The van der Waals surface area contributed by atoms with E-state index >= 15 is 0 Å². The van der Waals surface area contributed by atoms with E-state index in [4.69, 9.17) is 10.5 Å². The Labute approximate surface area is 166 Å². The van der Waals surface area contributed by atoms with Crippen LogP contribution in [0, 0.1) is 0 Å². The lowest BCUT2D eigenvalue weighted by molar-refractivity contribution is 0.0530. The highest BCUT2D eigenvalue weighted by Crippen LogP contribution is 2.41. The number of hydrogen-bond acceptors (Lipinski definition) is 6. The van der Waals surface area contributed by atoms with Crippen molar-refractivity contribution in [3.63, 3.8) is 0 Å². The molecule has 6 nitrogen and oxygen atoms in total. The van der Waals surface area contributed by atoms with Crippen LogP contribution in [0.15, 0.2) is 30.3 Å². The van der Waals surface area contributed by atoms with Crippen LogP contribution >= 0.6 is 11.3 Å². The summed E-state index contributed by atoms with van der Waals surface area (Å²) < 4.78 is 6.50. The van der Waals surface area contributed by atoms with Crippen molar-refractivity contribution in [1.29, 1.82) is 0 Å². The van der Waals surface area contributed by atoms with Crippen molar-refractivity contribution < 1.29 is 19.1 Å². The van der Waals surface area contributed by atoms with E-state index in [0.717, 1.165) is 23.3 Å². The maximum atomic E-state index is 13.1. The molecule has 3 aromatic rings. The Balaban J connectivity index is 2.31. The standard InChI is InChI=1S/C21H22N2O4S/c1-4-9-14-15-16(22)17(18(25)13-10-7-6-8-11-13)23(12(3)24)20(15)28-19(14)21(26)27-5-2/h6-8,10-11H,4-5,9,22H2,1-3H3. The molecule has 0 spiro atoms. The summed E-state index contributed by atoms with van der Waals surface area (Å²) in [7, 11) is 0. The van der Waals surface area contributed by atoms with Gasteiger partial charge in [0.15, 0.2) is 0 Å². The average molecular weight is 398 g/mol. The largest absolute Gasteiger partial charge is 0.462 e. The number of anilines is 1. The monoisotopic (exact) mass is 398 g/mol. The first-order valence-electron chi connectivity index (χ1n) is 9.15. The molecule has 0 saturated carbocycles. The molecule has 0 bridgehead atoms. The van der Waals surface area contributed by atoms with E-state index < -0.39 is 5.97 Å². The SMILES string of the molecule is CCCc1c(C(=O)OCC)sc2c1c(N)c(C(=O)c1ccccc1)n2C(C)=O. The van der Waals surface area contributed by atoms with Gasteiger partial charge in [0.2, 0.25) is 11.7 Å². The van der Waals surface area contributed by atoms with Gasteiger partial charge in [-0.3, -0.25) is 14.2 Å². The number of ether oxygens (including phenoxy) is 1. The highest BCUT2D eigenvalue weighted by Gasteiger charge is 2.30. The summed E-state index contributed by atoms with van der Waals surface area (Å²) in [5.74, 6) is -1.09. The van der Waals surface area contributed by atoms with E-state index in [9.17, 15) is 14.4 Å². The number of rotatable bonds is 6. The number of carbonyl (C=O) groups excluding carboxylic acids is 3. The molecule has 0 radical (unpaired) electrons. The average Bonchev–Trinajstić information content (AvgIpc) is 3.18. The quantitative estimate of drug-likeness (QED) is 0.494. The molecule has 2 N–H and O–H groups in total. The van der Waals surface area contributed by atoms with Crippen LogP contribution in [0.4, 0.5) is 5.69 Å². The minimum Gasteiger partial charge on any atom is -0.462 e. The second-order valence-corrected chi connectivity index (χ2v) is 7.37. The molecule has 0 saturated heterocycles. The van der Waals surface area contributed by atoms with Crippen LogP contribution in [-0.4, -0.2) is 28.8 Å². The summed E-state index contributed by atoms with van der Waals surface area (Å²) in [6.45, 7) is 5.37. The van der Waals surface area contributed by atoms with Crippen molar-refractivity contribution in [2.45, 2.75) is 33.6 Å². The lowest BCUT2D eigenvalue weighted by Crippen LogP contribution is -2.16. The Morgan fingerprint density at radius 3 is 2.39 bits per heavy atom. The van der Waals surface area contributed by atoms with E-state index in [1.54, 1.807) is 31.2 Å². The summed E-state index contributed by atoms with van der Waals surface area (Å²) in [6.07, 6.45) is 1.38. The number of esters is 1. The second-order valence-electron chi connectivity index (χ2n) is 6.37. The smallest absolute Gasteiger partial charge is 0.348 e. The molecular weight excluding hydrogens is 376 g/mol. The Morgan fingerprint density at radius 1 is 1.14 bits per heavy atom. The Bertz CT molecular complexity index is 1060. The minimum atomic E-state index is -0.433. The first-order chi connectivity index (χ1) is 13.4. The Hall–Kier alpha value is -2.93. The molecule has 7 heteroatoms. The topological polar surface area (TPSA) is 91.4 Å². The summed E-state index contributed by atoms with van der Waals surface area (Å²) >= 11 is 1.15. The zero-order valence-electron chi connectivity index (χ0n) is 16.1. The van der Waals surface area contributed by atoms with Crippen molar-refractivity contribution in [2.75, 3.05) is 12.3 Å².